The van der Waals surface area contributed by atoms with Gasteiger partial charge < -0.3 is 14.9 Å². The third-order valence-electron chi connectivity index (χ3n) is 3.72. The molecule has 0 radical (unpaired) electrons. The highest BCUT2D eigenvalue weighted by atomic mass is 16.5. The van der Waals surface area contributed by atoms with Crippen molar-refractivity contribution in [2.45, 2.75) is 45.8 Å². The van der Waals surface area contributed by atoms with Gasteiger partial charge in [-0.15, -0.1) is 0 Å². The summed E-state index contributed by atoms with van der Waals surface area (Å²) >= 11 is 0. The zero-order chi connectivity index (χ0) is 11.6. The van der Waals surface area contributed by atoms with Crippen LogP contribution >= 0.6 is 0 Å². The first-order valence-corrected chi connectivity index (χ1v) is 5.47. The fraction of sp³-hybridized carbons (Fsp3) is 0.909. The number of carbonyl (C=O) groups excluding carboxylic acids is 1. The smallest absolute Gasteiger partial charge is 0.309 e. The largest absolute Gasteiger partial charge is 0.466 e. The number of aliphatic hydroxyl groups excluding tert-OH is 2. The molecule has 15 heavy (non-hydrogen) atoms. The second kappa shape index (κ2) is 4.49. The minimum atomic E-state index is -0.772. The highest BCUT2D eigenvalue weighted by Gasteiger charge is 2.51. The van der Waals surface area contributed by atoms with Gasteiger partial charge in [0.25, 0.3) is 0 Å². The van der Waals surface area contributed by atoms with Crippen molar-refractivity contribution < 1.29 is 19.7 Å². The maximum atomic E-state index is 11.6. The Hall–Kier alpha value is -0.610. The summed E-state index contributed by atoms with van der Waals surface area (Å²) < 4.78 is 4.92. The van der Waals surface area contributed by atoms with Gasteiger partial charge in [-0.25, -0.2) is 0 Å². The van der Waals surface area contributed by atoms with E-state index in [1.165, 1.54) is 0 Å². The van der Waals surface area contributed by atoms with Gasteiger partial charge in [0.1, 0.15) is 0 Å². The molecule has 2 N–H and O–H groups in total. The lowest BCUT2D eigenvalue weighted by molar-refractivity contribution is -0.159. The molecule has 0 amide bonds. The summed E-state index contributed by atoms with van der Waals surface area (Å²) in [4.78, 5) is 11.6. The van der Waals surface area contributed by atoms with Crippen LogP contribution in [0.2, 0.25) is 0 Å². The molecule has 0 aromatic heterocycles. The van der Waals surface area contributed by atoms with Crippen LogP contribution in [0.25, 0.3) is 0 Å². The Kier molecular flexibility index (Phi) is 3.73. The Morgan fingerprint density at radius 3 is 2.33 bits per heavy atom. The van der Waals surface area contributed by atoms with Crippen LogP contribution in [0.4, 0.5) is 0 Å². The second-order valence-corrected chi connectivity index (χ2v) is 4.45. The topological polar surface area (TPSA) is 66.8 Å². The van der Waals surface area contributed by atoms with Gasteiger partial charge in [0.15, 0.2) is 0 Å². The quantitative estimate of drug-likeness (QED) is 0.682. The Bertz CT molecular complexity index is 229. The summed E-state index contributed by atoms with van der Waals surface area (Å²) in [7, 11) is 0. The highest BCUT2D eigenvalue weighted by molar-refractivity contribution is 5.73. The summed E-state index contributed by atoms with van der Waals surface area (Å²) in [6, 6.07) is 0. The fourth-order valence-corrected chi connectivity index (χ4v) is 2.26. The number of hydrogen-bond donors (Lipinski definition) is 2. The zero-order valence-corrected chi connectivity index (χ0v) is 9.56. The molecule has 0 saturated heterocycles. The standard InChI is InChI=1S/C11H20O4/c1-4-15-10(14)7(2)11(3)8(12)5-6-9(11)13/h7-9,12-13H,4-6H2,1-3H3. The van der Waals surface area contributed by atoms with Gasteiger partial charge in [-0.1, -0.05) is 13.8 Å². The van der Waals surface area contributed by atoms with Crippen molar-refractivity contribution in [3.8, 4) is 0 Å². The molecule has 0 aliphatic heterocycles. The van der Waals surface area contributed by atoms with Crippen LogP contribution in [-0.2, 0) is 9.53 Å². The van der Waals surface area contributed by atoms with Crippen LogP contribution in [0.5, 0.6) is 0 Å². The molecule has 0 bridgehead atoms. The van der Waals surface area contributed by atoms with E-state index in [0.717, 1.165) is 0 Å². The van der Waals surface area contributed by atoms with E-state index in [0.29, 0.717) is 19.4 Å². The summed E-state index contributed by atoms with van der Waals surface area (Å²) in [5.74, 6) is -0.829. The zero-order valence-electron chi connectivity index (χ0n) is 9.56. The van der Waals surface area contributed by atoms with Crippen molar-refractivity contribution >= 4 is 5.97 Å². The molecule has 1 fully saturated rings. The van der Waals surface area contributed by atoms with E-state index in [1.54, 1.807) is 20.8 Å². The van der Waals surface area contributed by atoms with Crippen molar-refractivity contribution in [3.63, 3.8) is 0 Å². The van der Waals surface area contributed by atoms with E-state index in [-0.39, 0.29) is 5.97 Å². The molecular weight excluding hydrogens is 196 g/mol. The van der Waals surface area contributed by atoms with Gasteiger partial charge in [0.2, 0.25) is 0 Å². The van der Waals surface area contributed by atoms with Gasteiger partial charge in [0, 0.05) is 5.41 Å². The summed E-state index contributed by atoms with van der Waals surface area (Å²) in [6.07, 6.45) is -0.179. The molecule has 4 nitrogen and oxygen atoms in total. The first-order chi connectivity index (χ1) is 6.94. The maximum absolute atomic E-state index is 11.6. The van der Waals surface area contributed by atoms with Gasteiger partial charge in [-0.2, -0.15) is 0 Å². The molecular formula is C11H20O4. The second-order valence-electron chi connectivity index (χ2n) is 4.45. The normalized spacial score (nSPS) is 37.7. The van der Waals surface area contributed by atoms with E-state index in [4.69, 9.17) is 4.74 Å². The molecule has 0 spiro atoms. The molecule has 3 atom stereocenters. The molecule has 3 unspecified atom stereocenters. The summed E-state index contributed by atoms with van der Waals surface area (Å²) in [5, 5.41) is 19.7. The van der Waals surface area contributed by atoms with Crippen molar-refractivity contribution in [1.82, 2.24) is 0 Å². The van der Waals surface area contributed by atoms with E-state index < -0.39 is 23.5 Å². The fourth-order valence-electron chi connectivity index (χ4n) is 2.26. The third-order valence-corrected chi connectivity index (χ3v) is 3.72. The van der Waals surface area contributed by atoms with E-state index in [9.17, 15) is 15.0 Å². The third kappa shape index (κ3) is 2.01. The molecule has 1 rings (SSSR count). The van der Waals surface area contributed by atoms with Gasteiger partial charge in [-0.3, -0.25) is 4.79 Å². The van der Waals surface area contributed by atoms with Crippen LogP contribution in [-0.4, -0.2) is 35.0 Å². The van der Waals surface area contributed by atoms with E-state index in [1.807, 2.05) is 0 Å². The van der Waals surface area contributed by atoms with Crippen LogP contribution in [0, 0.1) is 11.3 Å². The number of hydrogen-bond acceptors (Lipinski definition) is 4. The lowest BCUT2D eigenvalue weighted by atomic mass is 9.73. The number of carbonyl (C=O) groups is 1. The van der Waals surface area contributed by atoms with Crippen LogP contribution in [0.1, 0.15) is 33.6 Å². The first kappa shape index (κ1) is 12.5. The SMILES string of the molecule is CCOC(=O)C(C)C1(C)C(O)CCC1O. The van der Waals surface area contributed by atoms with Gasteiger partial charge in [0.05, 0.1) is 24.7 Å². The Morgan fingerprint density at radius 1 is 1.47 bits per heavy atom. The van der Waals surface area contributed by atoms with Crippen molar-refractivity contribution in [3.05, 3.63) is 0 Å². The lowest BCUT2D eigenvalue weighted by Crippen LogP contribution is -2.45. The number of aliphatic hydroxyl groups is 2. The van der Waals surface area contributed by atoms with Crippen LogP contribution in [0.15, 0.2) is 0 Å². The lowest BCUT2D eigenvalue weighted by Gasteiger charge is -2.36. The predicted molar refractivity (Wildman–Crippen MR) is 55.2 cm³/mol. The van der Waals surface area contributed by atoms with Crippen molar-refractivity contribution in [2.24, 2.45) is 11.3 Å². The highest BCUT2D eigenvalue weighted by Crippen LogP contribution is 2.44. The molecule has 1 aliphatic carbocycles. The Labute approximate surface area is 90.2 Å². The molecule has 88 valence electrons. The monoisotopic (exact) mass is 216 g/mol. The minimum absolute atomic E-state index is 0.325. The first-order valence-electron chi connectivity index (χ1n) is 5.47. The Balaban J connectivity index is 2.79. The average Bonchev–Trinajstić information content (AvgIpc) is 2.46. The van der Waals surface area contributed by atoms with Crippen molar-refractivity contribution in [1.29, 1.82) is 0 Å². The number of ether oxygens (including phenoxy) is 1. The van der Waals surface area contributed by atoms with Gasteiger partial charge in [-0.05, 0) is 19.8 Å². The minimum Gasteiger partial charge on any atom is -0.466 e. The maximum Gasteiger partial charge on any atom is 0.309 e. The number of esters is 1. The summed E-state index contributed by atoms with van der Waals surface area (Å²) in [6.45, 7) is 5.52. The van der Waals surface area contributed by atoms with Crippen LogP contribution < -0.4 is 0 Å². The molecule has 1 aliphatic rings. The average molecular weight is 216 g/mol. The molecule has 1 saturated carbocycles. The van der Waals surface area contributed by atoms with Crippen LogP contribution in [0.3, 0.4) is 0 Å². The summed E-state index contributed by atoms with van der Waals surface area (Å²) in [5.41, 5.74) is -0.772. The van der Waals surface area contributed by atoms with Gasteiger partial charge >= 0.3 is 5.97 Å². The molecule has 4 heteroatoms. The van der Waals surface area contributed by atoms with E-state index in [2.05, 4.69) is 0 Å². The predicted octanol–water partition coefficient (Wildman–Crippen LogP) is 0.708. The Morgan fingerprint density at radius 2 is 1.93 bits per heavy atom. The van der Waals surface area contributed by atoms with E-state index >= 15 is 0 Å². The van der Waals surface area contributed by atoms with Crippen molar-refractivity contribution in [2.75, 3.05) is 6.61 Å². The molecule has 0 heterocycles. The molecule has 0 aromatic rings. The number of rotatable bonds is 3. The molecule has 0 aromatic carbocycles.